The minimum Gasteiger partial charge on any atom is -0.479 e. The monoisotopic (exact) mass is 596 g/mol. The lowest BCUT2D eigenvalue weighted by Crippen LogP contribution is -2.31. The number of benzene rings is 3. The van der Waals surface area contributed by atoms with Crippen molar-refractivity contribution < 1.29 is 32.8 Å². The highest BCUT2D eigenvalue weighted by Crippen LogP contribution is 2.47. The molecular weight excluding hydrogens is 563 g/mol. The number of aromatic nitrogens is 1. The van der Waals surface area contributed by atoms with E-state index in [1.807, 2.05) is 56.3 Å². The van der Waals surface area contributed by atoms with Crippen LogP contribution in [0.4, 0.5) is 4.39 Å². The molecule has 6 rings (SSSR count). The van der Waals surface area contributed by atoms with Crippen molar-refractivity contribution >= 4 is 22.8 Å². The first kappa shape index (κ1) is 29.3. The molecule has 1 aliphatic rings. The van der Waals surface area contributed by atoms with E-state index in [-0.39, 0.29) is 29.7 Å². The molecule has 3 aromatic carbocycles. The van der Waals surface area contributed by atoms with E-state index in [4.69, 9.17) is 13.7 Å². The third-order valence-corrected chi connectivity index (χ3v) is 8.24. The SMILES string of the molecule is Cc1ccc(C(NC(=O)Cc2cc(F)c3oc(C(OC4(C(=O)O)CC4)c4c(C)noc4C)cc3c2)c2ccccc2)c(C)c1. The summed E-state index contributed by atoms with van der Waals surface area (Å²) in [7, 11) is 0. The number of hydrogen-bond donors (Lipinski definition) is 2. The Morgan fingerprint density at radius 3 is 2.43 bits per heavy atom. The van der Waals surface area contributed by atoms with Crippen LogP contribution >= 0.6 is 0 Å². The zero-order valence-electron chi connectivity index (χ0n) is 24.9. The number of hydrogen-bond acceptors (Lipinski definition) is 6. The van der Waals surface area contributed by atoms with Crippen LogP contribution in [0.3, 0.4) is 0 Å². The highest BCUT2D eigenvalue weighted by Gasteiger charge is 2.54. The predicted octanol–water partition coefficient (Wildman–Crippen LogP) is 6.97. The molecule has 2 N–H and O–H groups in total. The highest BCUT2D eigenvalue weighted by atomic mass is 19.1. The van der Waals surface area contributed by atoms with Crippen molar-refractivity contribution in [2.45, 2.75) is 64.7 Å². The fourth-order valence-corrected chi connectivity index (χ4v) is 5.80. The van der Waals surface area contributed by atoms with Gasteiger partial charge in [0, 0.05) is 5.39 Å². The highest BCUT2D eigenvalue weighted by molar-refractivity contribution is 5.84. The van der Waals surface area contributed by atoms with Crippen LogP contribution in [-0.2, 0) is 20.7 Å². The van der Waals surface area contributed by atoms with Gasteiger partial charge in [0.1, 0.15) is 17.6 Å². The molecule has 8 nitrogen and oxygen atoms in total. The zero-order chi connectivity index (χ0) is 31.2. The number of furan rings is 1. The molecule has 2 unspecified atom stereocenters. The van der Waals surface area contributed by atoms with Gasteiger partial charge in [-0.3, -0.25) is 4.79 Å². The number of aliphatic carboxylic acids is 1. The fourth-order valence-electron chi connectivity index (χ4n) is 5.80. The molecule has 1 aliphatic carbocycles. The zero-order valence-corrected chi connectivity index (χ0v) is 24.9. The molecule has 1 fully saturated rings. The molecule has 1 saturated carbocycles. The average Bonchev–Trinajstić information content (AvgIpc) is 3.53. The second-order valence-electron chi connectivity index (χ2n) is 11.6. The molecule has 0 radical (unpaired) electrons. The lowest BCUT2D eigenvalue weighted by Gasteiger charge is -2.22. The summed E-state index contributed by atoms with van der Waals surface area (Å²) in [5, 5.41) is 17.3. The first-order chi connectivity index (χ1) is 21.0. The smallest absolute Gasteiger partial charge is 0.336 e. The van der Waals surface area contributed by atoms with Crippen molar-refractivity contribution in [1.82, 2.24) is 10.5 Å². The van der Waals surface area contributed by atoms with Gasteiger partial charge in [0.2, 0.25) is 5.91 Å². The number of rotatable bonds is 10. The maximum Gasteiger partial charge on any atom is 0.336 e. The van der Waals surface area contributed by atoms with Gasteiger partial charge < -0.3 is 24.1 Å². The molecule has 0 spiro atoms. The first-order valence-corrected chi connectivity index (χ1v) is 14.5. The van der Waals surface area contributed by atoms with Crippen LogP contribution in [0.5, 0.6) is 0 Å². The maximum atomic E-state index is 15.4. The number of nitrogens with one attached hydrogen (secondary N) is 1. The van der Waals surface area contributed by atoms with E-state index in [2.05, 4.69) is 16.5 Å². The predicted molar refractivity (Wildman–Crippen MR) is 161 cm³/mol. The van der Waals surface area contributed by atoms with E-state index < -0.39 is 23.5 Å². The van der Waals surface area contributed by atoms with E-state index >= 15 is 4.39 Å². The van der Waals surface area contributed by atoms with Crippen molar-refractivity contribution in [2.24, 2.45) is 0 Å². The maximum absolute atomic E-state index is 15.4. The number of carbonyl (C=O) groups is 2. The number of aryl methyl sites for hydroxylation is 4. The second-order valence-corrected chi connectivity index (χ2v) is 11.6. The van der Waals surface area contributed by atoms with Gasteiger partial charge in [0.05, 0.1) is 23.7 Å². The number of halogens is 1. The van der Waals surface area contributed by atoms with Crippen molar-refractivity contribution in [3.8, 4) is 0 Å². The fraction of sp³-hybridized carbons (Fsp3) is 0.286. The Morgan fingerprint density at radius 1 is 1.05 bits per heavy atom. The normalized spacial score (nSPS) is 15.2. The van der Waals surface area contributed by atoms with Crippen LogP contribution in [0.25, 0.3) is 11.0 Å². The number of carboxylic acid groups (broad SMARTS) is 1. The number of ether oxygens (including phenoxy) is 1. The first-order valence-electron chi connectivity index (χ1n) is 14.5. The van der Waals surface area contributed by atoms with Crippen molar-refractivity contribution in [2.75, 3.05) is 0 Å². The Kier molecular flexibility index (Phi) is 7.59. The van der Waals surface area contributed by atoms with Crippen molar-refractivity contribution in [3.63, 3.8) is 0 Å². The molecule has 226 valence electrons. The molecule has 1 amide bonds. The second kappa shape index (κ2) is 11.4. The molecular formula is C35H33FN2O6. The molecule has 9 heteroatoms. The Labute approximate surface area is 253 Å². The molecule has 5 aromatic rings. The van der Waals surface area contributed by atoms with Crippen LogP contribution < -0.4 is 5.32 Å². The van der Waals surface area contributed by atoms with Crippen molar-refractivity contribution in [1.29, 1.82) is 0 Å². The van der Waals surface area contributed by atoms with Crippen molar-refractivity contribution in [3.05, 3.63) is 123 Å². The van der Waals surface area contributed by atoms with Gasteiger partial charge in [0.15, 0.2) is 17.0 Å². The van der Waals surface area contributed by atoms with Crippen LogP contribution in [0, 0.1) is 33.5 Å². The van der Waals surface area contributed by atoms with E-state index in [0.717, 1.165) is 22.3 Å². The summed E-state index contributed by atoms with van der Waals surface area (Å²) in [6.07, 6.45) is -0.333. The van der Waals surface area contributed by atoms with E-state index in [0.29, 0.717) is 40.8 Å². The molecule has 2 atom stereocenters. The van der Waals surface area contributed by atoms with Gasteiger partial charge in [-0.25, -0.2) is 9.18 Å². The Balaban J connectivity index is 1.30. The molecule has 0 bridgehead atoms. The van der Waals surface area contributed by atoms with E-state index in [1.54, 1.807) is 26.0 Å². The van der Waals surface area contributed by atoms with Crippen LogP contribution in [0.1, 0.15) is 75.6 Å². The third-order valence-electron chi connectivity index (χ3n) is 8.24. The van der Waals surface area contributed by atoms with E-state index in [9.17, 15) is 14.7 Å². The number of carboxylic acids is 1. The lowest BCUT2D eigenvalue weighted by molar-refractivity contribution is -0.157. The summed E-state index contributed by atoms with van der Waals surface area (Å²) in [5.41, 5.74) is 4.26. The topological polar surface area (TPSA) is 115 Å². The molecule has 2 heterocycles. The number of carbonyl (C=O) groups excluding carboxylic acids is 1. The van der Waals surface area contributed by atoms with Gasteiger partial charge in [-0.1, -0.05) is 59.3 Å². The van der Waals surface area contributed by atoms with Crippen LogP contribution in [-0.4, -0.2) is 27.7 Å². The summed E-state index contributed by atoms with van der Waals surface area (Å²) in [5.74, 6) is -1.30. The van der Waals surface area contributed by atoms with E-state index in [1.165, 1.54) is 6.07 Å². The Hall–Kier alpha value is -4.76. The third kappa shape index (κ3) is 5.63. The van der Waals surface area contributed by atoms with Gasteiger partial charge in [0.25, 0.3) is 0 Å². The number of amides is 1. The molecule has 0 saturated heterocycles. The largest absolute Gasteiger partial charge is 0.479 e. The standard InChI is InChI=1S/C35H33FN2O6/c1-19-10-11-26(20(2)14-19)31(24-8-6-5-7-9-24)37-29(39)17-23-15-25-18-28(42-32(25)27(36)16-23)33(30-21(3)38-44-22(30)4)43-35(12-13-35)34(40)41/h5-11,14-16,18,31,33H,12-13,17H2,1-4H3,(H,37,39)(H,40,41). The summed E-state index contributed by atoms with van der Waals surface area (Å²) in [6, 6.07) is 20.1. The minimum atomic E-state index is -1.35. The van der Waals surface area contributed by atoms with Gasteiger partial charge >= 0.3 is 5.97 Å². The molecule has 44 heavy (non-hydrogen) atoms. The average molecular weight is 597 g/mol. The summed E-state index contributed by atoms with van der Waals surface area (Å²) in [6.45, 7) is 7.47. The minimum absolute atomic E-state index is 0.0119. The lowest BCUT2D eigenvalue weighted by atomic mass is 9.93. The Morgan fingerprint density at radius 2 is 1.80 bits per heavy atom. The van der Waals surface area contributed by atoms with Gasteiger partial charge in [-0.2, -0.15) is 0 Å². The van der Waals surface area contributed by atoms with Crippen LogP contribution in [0.15, 0.2) is 75.7 Å². The van der Waals surface area contributed by atoms with Gasteiger partial charge in [-0.05, 0) is 81.0 Å². The quantitative estimate of drug-likeness (QED) is 0.179. The number of fused-ring (bicyclic) bond motifs is 1. The summed E-state index contributed by atoms with van der Waals surface area (Å²) in [4.78, 5) is 25.4. The molecule has 2 aromatic heterocycles. The molecule has 0 aliphatic heterocycles. The Bertz CT molecular complexity index is 1850. The van der Waals surface area contributed by atoms with Crippen LogP contribution in [0.2, 0.25) is 0 Å². The van der Waals surface area contributed by atoms with Gasteiger partial charge in [-0.15, -0.1) is 0 Å². The number of nitrogens with zero attached hydrogens (tertiary/aromatic N) is 1. The summed E-state index contributed by atoms with van der Waals surface area (Å²) >= 11 is 0. The summed E-state index contributed by atoms with van der Waals surface area (Å²) < 4.78 is 32.9.